The fourth-order valence-corrected chi connectivity index (χ4v) is 4.20. The fourth-order valence-electron chi connectivity index (χ4n) is 4.20. The lowest BCUT2D eigenvalue weighted by Crippen LogP contribution is -2.45. The van der Waals surface area contributed by atoms with Gasteiger partial charge in [0.15, 0.2) is 0 Å². The number of hydrogen-bond acceptors (Lipinski definition) is 3. The molecule has 0 spiro atoms. The molecule has 6 heteroatoms. The monoisotopic (exact) mass is 460 g/mol. The molecule has 1 unspecified atom stereocenters. The number of likely N-dealkylation sites (tertiary alicyclic amines) is 1. The van der Waals surface area contributed by atoms with E-state index in [9.17, 15) is 14.0 Å². The lowest BCUT2D eigenvalue weighted by atomic mass is 9.96. The Morgan fingerprint density at radius 1 is 0.912 bits per heavy atom. The van der Waals surface area contributed by atoms with E-state index >= 15 is 0 Å². The summed E-state index contributed by atoms with van der Waals surface area (Å²) in [6, 6.07) is 23.5. The van der Waals surface area contributed by atoms with Crippen molar-refractivity contribution >= 4 is 11.8 Å². The van der Waals surface area contributed by atoms with Crippen LogP contribution in [-0.2, 0) is 29.3 Å². The second-order valence-corrected chi connectivity index (χ2v) is 8.56. The van der Waals surface area contributed by atoms with E-state index in [4.69, 9.17) is 4.74 Å². The molecule has 4 rings (SSSR count). The minimum Gasteiger partial charge on any atom is -0.372 e. The number of piperidine rings is 1. The molecule has 0 aliphatic carbocycles. The number of nitrogens with zero attached hydrogens (tertiary/aromatic N) is 1. The summed E-state index contributed by atoms with van der Waals surface area (Å²) in [5, 5.41) is 3.04. The molecule has 1 N–H and O–H groups in total. The van der Waals surface area contributed by atoms with Crippen molar-refractivity contribution in [2.75, 3.05) is 13.1 Å². The molecule has 1 fully saturated rings. The van der Waals surface area contributed by atoms with E-state index in [-0.39, 0.29) is 23.5 Å². The Bertz CT molecular complexity index is 1100. The van der Waals surface area contributed by atoms with Crippen molar-refractivity contribution in [3.63, 3.8) is 0 Å². The Kier molecular flexibility index (Phi) is 8.04. The number of nitrogens with one attached hydrogen (secondary N) is 1. The quantitative estimate of drug-likeness (QED) is 0.530. The van der Waals surface area contributed by atoms with Gasteiger partial charge in [0, 0.05) is 25.2 Å². The average molecular weight is 461 g/mol. The second-order valence-electron chi connectivity index (χ2n) is 8.56. The van der Waals surface area contributed by atoms with Crippen LogP contribution in [0.1, 0.15) is 39.9 Å². The predicted molar refractivity (Wildman–Crippen MR) is 128 cm³/mol. The Morgan fingerprint density at radius 2 is 1.62 bits per heavy atom. The predicted octanol–water partition coefficient (Wildman–Crippen LogP) is 4.71. The number of ether oxygens (including phenoxy) is 1. The summed E-state index contributed by atoms with van der Waals surface area (Å²) in [5.41, 5.74) is 3.60. The zero-order valence-electron chi connectivity index (χ0n) is 19.1. The van der Waals surface area contributed by atoms with Gasteiger partial charge in [0.2, 0.25) is 5.91 Å². The van der Waals surface area contributed by atoms with Gasteiger partial charge in [-0.1, -0.05) is 54.6 Å². The molecule has 0 saturated carbocycles. The van der Waals surface area contributed by atoms with E-state index in [1.807, 2.05) is 54.6 Å². The molecule has 1 heterocycles. The summed E-state index contributed by atoms with van der Waals surface area (Å²) in [7, 11) is 0. The third-order valence-corrected chi connectivity index (χ3v) is 6.11. The summed E-state index contributed by atoms with van der Waals surface area (Å²) in [5.74, 6) is -0.868. The molecule has 1 saturated heterocycles. The van der Waals surface area contributed by atoms with Gasteiger partial charge in [-0.2, -0.15) is 0 Å². The molecule has 34 heavy (non-hydrogen) atoms. The van der Waals surface area contributed by atoms with Crippen molar-refractivity contribution in [2.24, 2.45) is 5.92 Å². The highest BCUT2D eigenvalue weighted by molar-refractivity contribution is 5.94. The number of rotatable bonds is 8. The van der Waals surface area contributed by atoms with Gasteiger partial charge in [-0.3, -0.25) is 9.59 Å². The van der Waals surface area contributed by atoms with Gasteiger partial charge in [-0.05, 0) is 53.8 Å². The van der Waals surface area contributed by atoms with Crippen molar-refractivity contribution in [1.29, 1.82) is 0 Å². The standard InChI is InChI=1S/C28H29FN2O3/c29-26-14-12-22(13-15-26)28(33)31-16-6-11-24(18-31)27(32)30-17-23-9-4-5-10-25(23)20-34-19-21-7-2-1-3-8-21/h1-5,7-10,12-15,24H,6,11,16-20H2,(H,30,32). The van der Waals surface area contributed by atoms with Crippen LogP contribution in [0, 0.1) is 11.7 Å². The SMILES string of the molecule is O=C(NCc1ccccc1COCc1ccccc1)C1CCCN(C(=O)c2ccc(F)cc2)C1. The molecule has 3 aromatic carbocycles. The number of benzene rings is 3. The normalized spacial score (nSPS) is 15.7. The third kappa shape index (κ3) is 6.29. The first-order valence-electron chi connectivity index (χ1n) is 11.6. The highest BCUT2D eigenvalue weighted by Crippen LogP contribution is 2.20. The van der Waals surface area contributed by atoms with Crippen molar-refractivity contribution in [3.05, 3.63) is 107 Å². The minimum atomic E-state index is -0.377. The summed E-state index contributed by atoms with van der Waals surface area (Å²) in [6.45, 7) is 2.36. The molecule has 0 radical (unpaired) electrons. The third-order valence-electron chi connectivity index (χ3n) is 6.11. The van der Waals surface area contributed by atoms with E-state index in [0.717, 1.165) is 29.5 Å². The lowest BCUT2D eigenvalue weighted by molar-refractivity contribution is -0.126. The summed E-state index contributed by atoms with van der Waals surface area (Å²) < 4.78 is 19.1. The van der Waals surface area contributed by atoms with Crippen LogP contribution < -0.4 is 5.32 Å². The van der Waals surface area contributed by atoms with Gasteiger partial charge in [0.1, 0.15) is 5.82 Å². The number of amides is 2. The molecule has 1 aliphatic heterocycles. The van der Waals surface area contributed by atoms with Crippen LogP contribution in [0.25, 0.3) is 0 Å². The van der Waals surface area contributed by atoms with Crippen molar-refractivity contribution in [1.82, 2.24) is 10.2 Å². The molecular formula is C28H29FN2O3. The van der Waals surface area contributed by atoms with Crippen LogP contribution >= 0.6 is 0 Å². The van der Waals surface area contributed by atoms with Crippen molar-refractivity contribution in [3.8, 4) is 0 Å². The smallest absolute Gasteiger partial charge is 0.253 e. The van der Waals surface area contributed by atoms with Crippen LogP contribution in [0.5, 0.6) is 0 Å². The highest BCUT2D eigenvalue weighted by atomic mass is 19.1. The molecule has 1 aliphatic rings. The van der Waals surface area contributed by atoms with Crippen LogP contribution in [-0.4, -0.2) is 29.8 Å². The Hall–Kier alpha value is -3.51. The molecule has 0 bridgehead atoms. The van der Waals surface area contributed by atoms with Crippen LogP contribution in [0.3, 0.4) is 0 Å². The van der Waals surface area contributed by atoms with Crippen LogP contribution in [0.2, 0.25) is 0 Å². The average Bonchev–Trinajstić information content (AvgIpc) is 2.88. The first-order chi connectivity index (χ1) is 16.6. The Balaban J connectivity index is 1.30. The zero-order valence-corrected chi connectivity index (χ0v) is 19.1. The Morgan fingerprint density at radius 3 is 2.38 bits per heavy atom. The van der Waals surface area contributed by atoms with E-state index in [1.54, 1.807) is 4.90 Å². The zero-order chi connectivity index (χ0) is 23.8. The first kappa shape index (κ1) is 23.6. The maximum absolute atomic E-state index is 13.2. The molecule has 176 valence electrons. The molecule has 1 atom stereocenters. The minimum absolute atomic E-state index is 0.0587. The number of carbonyl (C=O) groups excluding carboxylic acids is 2. The Labute approximate surface area is 199 Å². The molecule has 2 amide bonds. The molecule has 5 nitrogen and oxygen atoms in total. The number of hydrogen-bond donors (Lipinski definition) is 1. The van der Waals surface area contributed by atoms with Crippen molar-refractivity contribution in [2.45, 2.75) is 32.6 Å². The van der Waals surface area contributed by atoms with Crippen molar-refractivity contribution < 1.29 is 18.7 Å². The van der Waals surface area contributed by atoms with Gasteiger partial charge in [-0.25, -0.2) is 4.39 Å². The van der Waals surface area contributed by atoms with Crippen LogP contribution in [0.15, 0.2) is 78.9 Å². The van der Waals surface area contributed by atoms with E-state index in [1.165, 1.54) is 24.3 Å². The van der Waals surface area contributed by atoms with E-state index < -0.39 is 0 Å². The number of carbonyl (C=O) groups is 2. The number of halogens is 1. The summed E-state index contributed by atoms with van der Waals surface area (Å²) in [6.07, 6.45) is 1.50. The molecule has 3 aromatic rings. The maximum atomic E-state index is 13.2. The summed E-state index contributed by atoms with van der Waals surface area (Å²) in [4.78, 5) is 27.4. The van der Waals surface area contributed by atoms with Gasteiger partial charge < -0.3 is 15.0 Å². The van der Waals surface area contributed by atoms with Gasteiger partial charge in [0.25, 0.3) is 5.91 Å². The maximum Gasteiger partial charge on any atom is 0.253 e. The lowest BCUT2D eigenvalue weighted by Gasteiger charge is -2.32. The topological polar surface area (TPSA) is 58.6 Å². The highest BCUT2D eigenvalue weighted by Gasteiger charge is 2.29. The van der Waals surface area contributed by atoms with E-state index in [2.05, 4.69) is 5.32 Å². The fraction of sp³-hybridized carbons (Fsp3) is 0.286. The summed E-state index contributed by atoms with van der Waals surface area (Å²) >= 11 is 0. The van der Waals surface area contributed by atoms with Gasteiger partial charge in [0.05, 0.1) is 19.1 Å². The van der Waals surface area contributed by atoms with E-state index in [0.29, 0.717) is 38.4 Å². The molecule has 0 aromatic heterocycles. The van der Waals surface area contributed by atoms with Gasteiger partial charge in [-0.15, -0.1) is 0 Å². The molecular weight excluding hydrogens is 431 g/mol. The first-order valence-corrected chi connectivity index (χ1v) is 11.6. The van der Waals surface area contributed by atoms with Gasteiger partial charge >= 0.3 is 0 Å². The second kappa shape index (κ2) is 11.6. The van der Waals surface area contributed by atoms with Crippen LogP contribution in [0.4, 0.5) is 4.39 Å². The largest absolute Gasteiger partial charge is 0.372 e.